The van der Waals surface area contributed by atoms with Gasteiger partial charge in [-0.25, -0.2) is 0 Å². The lowest BCUT2D eigenvalue weighted by atomic mass is 10.1. The summed E-state index contributed by atoms with van der Waals surface area (Å²) in [6, 6.07) is 5.96. The summed E-state index contributed by atoms with van der Waals surface area (Å²) in [6.45, 7) is 2.69. The van der Waals surface area contributed by atoms with Crippen LogP contribution in [0, 0.1) is 5.92 Å². The molecule has 0 bridgehead atoms. The second-order valence-electron chi connectivity index (χ2n) is 5.25. The molecule has 0 aromatic heterocycles. The van der Waals surface area contributed by atoms with E-state index in [1.165, 1.54) is 25.7 Å². The lowest BCUT2D eigenvalue weighted by Gasteiger charge is -2.25. The minimum absolute atomic E-state index is 0.129. The van der Waals surface area contributed by atoms with E-state index in [1.807, 2.05) is 18.2 Å². The summed E-state index contributed by atoms with van der Waals surface area (Å²) >= 11 is 3.43. The first-order valence-electron chi connectivity index (χ1n) is 6.59. The van der Waals surface area contributed by atoms with E-state index < -0.39 is 0 Å². The normalized spacial score (nSPS) is 15.9. The average molecular weight is 310 g/mol. The van der Waals surface area contributed by atoms with E-state index in [-0.39, 0.29) is 5.78 Å². The lowest BCUT2D eigenvalue weighted by Crippen LogP contribution is -2.25. The number of benzene rings is 1. The Morgan fingerprint density at radius 2 is 2.06 bits per heavy atom. The van der Waals surface area contributed by atoms with Gasteiger partial charge in [0, 0.05) is 29.3 Å². The van der Waals surface area contributed by atoms with Gasteiger partial charge in [0.2, 0.25) is 0 Å². The summed E-state index contributed by atoms with van der Waals surface area (Å²) < 4.78 is 0.964. The molecule has 0 N–H and O–H groups in total. The summed E-state index contributed by atoms with van der Waals surface area (Å²) in [5.41, 5.74) is 1.86. The third-order valence-electron chi connectivity index (χ3n) is 3.76. The van der Waals surface area contributed by atoms with Crippen molar-refractivity contribution >= 4 is 27.4 Å². The van der Waals surface area contributed by atoms with Gasteiger partial charge in [-0.15, -0.1) is 0 Å². The van der Waals surface area contributed by atoms with Crippen LogP contribution in [0.2, 0.25) is 0 Å². The van der Waals surface area contributed by atoms with E-state index in [9.17, 15) is 4.79 Å². The molecule has 3 heteroatoms. The molecule has 0 heterocycles. The Hall–Kier alpha value is -0.830. The number of Topliss-reactive ketones (excluding diaryl/α,β-unsaturated/α-hetero) is 1. The molecule has 0 atom stereocenters. The van der Waals surface area contributed by atoms with Crippen LogP contribution in [-0.2, 0) is 0 Å². The number of ketones is 1. The first-order chi connectivity index (χ1) is 8.58. The number of halogens is 1. The second-order valence-corrected chi connectivity index (χ2v) is 6.16. The van der Waals surface area contributed by atoms with Gasteiger partial charge in [-0.1, -0.05) is 28.8 Å². The third kappa shape index (κ3) is 3.14. The van der Waals surface area contributed by atoms with Crippen LogP contribution in [0.1, 0.15) is 43.0 Å². The number of hydrogen-bond donors (Lipinski definition) is 0. The fourth-order valence-corrected chi connectivity index (χ4v) is 3.16. The van der Waals surface area contributed by atoms with Crippen molar-refractivity contribution in [3.8, 4) is 0 Å². The number of hydrogen-bond acceptors (Lipinski definition) is 2. The predicted molar refractivity (Wildman–Crippen MR) is 79.4 cm³/mol. The van der Waals surface area contributed by atoms with Crippen LogP contribution in [-0.4, -0.2) is 19.4 Å². The van der Waals surface area contributed by atoms with Crippen LogP contribution in [0.4, 0.5) is 5.69 Å². The Labute approximate surface area is 117 Å². The third-order valence-corrected chi connectivity index (χ3v) is 4.25. The molecule has 0 spiro atoms. The standard InChI is InChI=1S/C15H20BrNO/c1-11(18)14-9-13(16)7-8-15(14)17(2)10-12-5-3-4-6-12/h7-9,12H,3-6,10H2,1-2H3. The van der Waals surface area contributed by atoms with Gasteiger partial charge in [0.05, 0.1) is 0 Å². The molecule has 1 aliphatic carbocycles. The Morgan fingerprint density at radius 1 is 1.39 bits per heavy atom. The maximum Gasteiger partial charge on any atom is 0.161 e. The molecule has 0 radical (unpaired) electrons. The zero-order valence-corrected chi connectivity index (χ0v) is 12.7. The van der Waals surface area contributed by atoms with Crippen molar-refractivity contribution in [3.05, 3.63) is 28.2 Å². The fraction of sp³-hybridized carbons (Fsp3) is 0.533. The largest absolute Gasteiger partial charge is 0.374 e. The molecular formula is C15H20BrNO. The van der Waals surface area contributed by atoms with Crippen molar-refractivity contribution in [3.63, 3.8) is 0 Å². The van der Waals surface area contributed by atoms with Gasteiger partial charge in [0.25, 0.3) is 0 Å². The minimum Gasteiger partial charge on any atom is -0.374 e. The van der Waals surface area contributed by atoms with Crippen molar-refractivity contribution in [2.75, 3.05) is 18.5 Å². The van der Waals surface area contributed by atoms with Gasteiger partial charge in [0.15, 0.2) is 5.78 Å². The minimum atomic E-state index is 0.129. The van der Waals surface area contributed by atoms with E-state index in [1.54, 1.807) is 6.92 Å². The highest BCUT2D eigenvalue weighted by Crippen LogP contribution is 2.29. The maximum atomic E-state index is 11.7. The molecular weight excluding hydrogens is 290 g/mol. The van der Waals surface area contributed by atoms with Crippen molar-refractivity contribution in [1.82, 2.24) is 0 Å². The van der Waals surface area contributed by atoms with Gasteiger partial charge in [-0.3, -0.25) is 4.79 Å². The smallest absolute Gasteiger partial charge is 0.161 e. The predicted octanol–water partition coefficient (Wildman–Crippen LogP) is 4.28. The van der Waals surface area contributed by atoms with Crippen molar-refractivity contribution in [1.29, 1.82) is 0 Å². The van der Waals surface area contributed by atoms with Crippen LogP contribution in [0.5, 0.6) is 0 Å². The van der Waals surface area contributed by atoms with Gasteiger partial charge in [-0.05, 0) is 43.9 Å². The summed E-state index contributed by atoms with van der Waals surface area (Å²) in [6.07, 6.45) is 5.38. The number of rotatable bonds is 4. The van der Waals surface area contributed by atoms with Crippen LogP contribution < -0.4 is 4.90 Å². The Kier molecular flexibility index (Phi) is 4.44. The molecule has 2 rings (SSSR count). The fourth-order valence-electron chi connectivity index (χ4n) is 2.80. The van der Waals surface area contributed by atoms with E-state index in [2.05, 4.69) is 27.9 Å². The highest BCUT2D eigenvalue weighted by atomic mass is 79.9. The highest BCUT2D eigenvalue weighted by Gasteiger charge is 2.19. The molecule has 0 amide bonds. The summed E-state index contributed by atoms with van der Waals surface area (Å²) in [7, 11) is 2.09. The van der Waals surface area contributed by atoms with Gasteiger partial charge in [0.1, 0.15) is 0 Å². The zero-order chi connectivity index (χ0) is 13.1. The quantitative estimate of drug-likeness (QED) is 0.774. The second kappa shape index (κ2) is 5.87. The highest BCUT2D eigenvalue weighted by molar-refractivity contribution is 9.10. The SMILES string of the molecule is CC(=O)c1cc(Br)ccc1N(C)CC1CCCC1. The average Bonchev–Trinajstić information content (AvgIpc) is 2.81. The van der Waals surface area contributed by atoms with Crippen molar-refractivity contribution in [2.24, 2.45) is 5.92 Å². The summed E-state index contributed by atoms with van der Waals surface area (Å²) in [5.74, 6) is 0.919. The molecule has 18 heavy (non-hydrogen) atoms. The Morgan fingerprint density at radius 3 is 2.67 bits per heavy atom. The molecule has 1 saturated carbocycles. The molecule has 0 aliphatic heterocycles. The van der Waals surface area contributed by atoms with Crippen molar-refractivity contribution in [2.45, 2.75) is 32.6 Å². The van der Waals surface area contributed by atoms with E-state index in [4.69, 9.17) is 0 Å². The van der Waals surface area contributed by atoms with Gasteiger partial charge >= 0.3 is 0 Å². The molecule has 0 unspecified atom stereocenters. The zero-order valence-electron chi connectivity index (χ0n) is 11.1. The van der Waals surface area contributed by atoms with Gasteiger partial charge < -0.3 is 4.90 Å². The molecule has 1 aromatic carbocycles. The van der Waals surface area contributed by atoms with Crippen LogP contribution in [0.25, 0.3) is 0 Å². The number of carbonyl (C=O) groups is 1. The maximum absolute atomic E-state index is 11.7. The lowest BCUT2D eigenvalue weighted by molar-refractivity contribution is 0.101. The first kappa shape index (κ1) is 13.6. The molecule has 98 valence electrons. The molecule has 1 aliphatic rings. The molecule has 2 nitrogen and oxygen atoms in total. The number of carbonyl (C=O) groups excluding carboxylic acids is 1. The Bertz CT molecular complexity index is 438. The monoisotopic (exact) mass is 309 g/mol. The van der Waals surface area contributed by atoms with Crippen LogP contribution in [0.3, 0.4) is 0 Å². The topological polar surface area (TPSA) is 20.3 Å². The molecule has 0 saturated heterocycles. The Balaban J connectivity index is 2.17. The summed E-state index contributed by atoms with van der Waals surface area (Å²) in [4.78, 5) is 13.9. The van der Waals surface area contributed by atoms with Gasteiger partial charge in [-0.2, -0.15) is 0 Å². The first-order valence-corrected chi connectivity index (χ1v) is 7.39. The van der Waals surface area contributed by atoms with E-state index in [0.29, 0.717) is 0 Å². The van der Waals surface area contributed by atoms with Crippen molar-refractivity contribution < 1.29 is 4.79 Å². The summed E-state index contributed by atoms with van der Waals surface area (Å²) in [5, 5.41) is 0. The molecule has 1 fully saturated rings. The number of anilines is 1. The number of nitrogens with zero attached hydrogens (tertiary/aromatic N) is 1. The van der Waals surface area contributed by atoms with Crippen LogP contribution in [0.15, 0.2) is 22.7 Å². The molecule has 1 aromatic rings. The van der Waals surface area contributed by atoms with Crippen LogP contribution >= 0.6 is 15.9 Å². The van der Waals surface area contributed by atoms with E-state index in [0.717, 1.165) is 28.2 Å². The van der Waals surface area contributed by atoms with E-state index >= 15 is 0 Å².